The van der Waals surface area contributed by atoms with Crippen LogP contribution in [0.15, 0.2) is 18.3 Å². The van der Waals surface area contributed by atoms with Gasteiger partial charge in [-0.2, -0.15) is 0 Å². The SMILES string of the molecule is COc1ncccc1C(=O)NCCO[C@@H]1CCCC[C@H]1C. The van der Waals surface area contributed by atoms with Gasteiger partial charge < -0.3 is 14.8 Å². The molecule has 5 nitrogen and oxygen atoms in total. The van der Waals surface area contributed by atoms with Gasteiger partial charge in [-0.25, -0.2) is 4.98 Å². The van der Waals surface area contributed by atoms with E-state index in [4.69, 9.17) is 9.47 Å². The first-order chi connectivity index (χ1) is 10.2. The third-order valence-electron chi connectivity index (χ3n) is 3.96. The molecule has 2 rings (SSSR count). The molecule has 2 atom stereocenters. The van der Waals surface area contributed by atoms with Gasteiger partial charge in [0.2, 0.25) is 5.88 Å². The number of methoxy groups -OCH3 is 1. The highest BCUT2D eigenvalue weighted by Crippen LogP contribution is 2.26. The largest absolute Gasteiger partial charge is 0.480 e. The second-order valence-corrected chi connectivity index (χ2v) is 5.49. The minimum Gasteiger partial charge on any atom is -0.480 e. The molecule has 1 saturated carbocycles. The van der Waals surface area contributed by atoms with E-state index in [1.807, 2.05) is 0 Å². The van der Waals surface area contributed by atoms with E-state index in [-0.39, 0.29) is 5.91 Å². The van der Waals surface area contributed by atoms with E-state index < -0.39 is 0 Å². The Kier molecular flexibility index (Phi) is 5.99. The minimum atomic E-state index is -0.180. The zero-order chi connectivity index (χ0) is 15.1. The first kappa shape index (κ1) is 15.8. The third-order valence-corrected chi connectivity index (χ3v) is 3.96. The molecule has 1 heterocycles. The fourth-order valence-corrected chi connectivity index (χ4v) is 2.73. The lowest BCUT2D eigenvalue weighted by Crippen LogP contribution is -2.32. The summed E-state index contributed by atoms with van der Waals surface area (Å²) in [6.45, 7) is 3.28. The molecule has 1 fully saturated rings. The van der Waals surface area contributed by atoms with Gasteiger partial charge in [0.15, 0.2) is 0 Å². The maximum absolute atomic E-state index is 12.1. The molecule has 1 aliphatic carbocycles. The maximum atomic E-state index is 12.1. The average Bonchev–Trinajstić information content (AvgIpc) is 2.52. The Bertz CT molecular complexity index is 465. The second-order valence-electron chi connectivity index (χ2n) is 5.49. The van der Waals surface area contributed by atoms with E-state index in [1.54, 1.807) is 18.3 Å². The zero-order valence-electron chi connectivity index (χ0n) is 12.8. The molecule has 1 amide bonds. The highest BCUT2D eigenvalue weighted by Gasteiger charge is 2.21. The average molecular weight is 292 g/mol. The van der Waals surface area contributed by atoms with Crippen LogP contribution < -0.4 is 10.1 Å². The van der Waals surface area contributed by atoms with E-state index in [0.29, 0.717) is 36.6 Å². The molecule has 1 N–H and O–H groups in total. The standard InChI is InChI=1S/C16H24N2O3/c1-12-6-3-4-8-14(12)21-11-10-17-15(19)13-7-5-9-18-16(13)20-2/h5,7,9,12,14H,3-4,6,8,10-11H2,1-2H3,(H,17,19)/t12-,14-/m1/s1. The number of rotatable bonds is 6. The summed E-state index contributed by atoms with van der Waals surface area (Å²) >= 11 is 0. The summed E-state index contributed by atoms with van der Waals surface area (Å²) in [5.41, 5.74) is 0.450. The molecule has 116 valence electrons. The van der Waals surface area contributed by atoms with Crippen molar-refractivity contribution in [1.29, 1.82) is 0 Å². The number of nitrogens with zero attached hydrogens (tertiary/aromatic N) is 1. The maximum Gasteiger partial charge on any atom is 0.256 e. The molecule has 0 unspecified atom stereocenters. The van der Waals surface area contributed by atoms with Crippen molar-refractivity contribution >= 4 is 5.91 Å². The number of hydrogen-bond donors (Lipinski definition) is 1. The number of hydrogen-bond acceptors (Lipinski definition) is 4. The topological polar surface area (TPSA) is 60.5 Å². The molecule has 0 saturated heterocycles. The van der Waals surface area contributed by atoms with Crippen LogP contribution >= 0.6 is 0 Å². The normalized spacial score (nSPS) is 21.8. The van der Waals surface area contributed by atoms with Crippen molar-refractivity contribution in [3.05, 3.63) is 23.9 Å². The van der Waals surface area contributed by atoms with Gasteiger partial charge in [0.1, 0.15) is 5.56 Å². The Hall–Kier alpha value is -1.62. The predicted octanol–water partition coefficient (Wildman–Crippen LogP) is 2.42. The van der Waals surface area contributed by atoms with Gasteiger partial charge in [-0.3, -0.25) is 4.79 Å². The molecule has 0 aliphatic heterocycles. The van der Waals surface area contributed by atoms with Crippen LogP contribution in [0.25, 0.3) is 0 Å². The number of carbonyl (C=O) groups is 1. The number of pyridine rings is 1. The number of nitrogens with one attached hydrogen (secondary N) is 1. The number of aromatic nitrogens is 1. The molecule has 1 aliphatic rings. The molecule has 1 aromatic rings. The molecule has 21 heavy (non-hydrogen) atoms. The summed E-state index contributed by atoms with van der Waals surface area (Å²) in [6, 6.07) is 3.42. The highest BCUT2D eigenvalue weighted by atomic mass is 16.5. The summed E-state index contributed by atoms with van der Waals surface area (Å²) in [5.74, 6) is 0.782. The van der Waals surface area contributed by atoms with Crippen molar-refractivity contribution in [3.8, 4) is 5.88 Å². The first-order valence-electron chi connectivity index (χ1n) is 7.61. The summed E-state index contributed by atoms with van der Waals surface area (Å²) in [7, 11) is 1.51. The van der Waals surface area contributed by atoms with Crippen LogP contribution in [0.3, 0.4) is 0 Å². The predicted molar refractivity (Wildman–Crippen MR) is 80.5 cm³/mol. The highest BCUT2D eigenvalue weighted by molar-refractivity contribution is 5.96. The van der Waals surface area contributed by atoms with Gasteiger partial charge in [-0.05, 0) is 30.9 Å². The molecule has 0 radical (unpaired) electrons. The van der Waals surface area contributed by atoms with Gasteiger partial charge in [-0.15, -0.1) is 0 Å². The van der Waals surface area contributed by atoms with Crippen LogP contribution in [-0.4, -0.2) is 37.3 Å². The van der Waals surface area contributed by atoms with E-state index in [2.05, 4.69) is 17.2 Å². The van der Waals surface area contributed by atoms with E-state index in [9.17, 15) is 4.79 Å². The Morgan fingerprint density at radius 3 is 3.00 bits per heavy atom. The summed E-state index contributed by atoms with van der Waals surface area (Å²) in [6.07, 6.45) is 6.86. The molecule has 0 spiro atoms. The fourth-order valence-electron chi connectivity index (χ4n) is 2.73. The summed E-state index contributed by atoms with van der Waals surface area (Å²) in [5, 5.41) is 2.84. The van der Waals surface area contributed by atoms with Gasteiger partial charge in [0.25, 0.3) is 5.91 Å². The van der Waals surface area contributed by atoms with Crippen molar-refractivity contribution in [2.75, 3.05) is 20.3 Å². The second kappa shape index (κ2) is 7.98. The third kappa shape index (κ3) is 4.43. The van der Waals surface area contributed by atoms with Gasteiger partial charge in [0, 0.05) is 12.7 Å². The lowest BCUT2D eigenvalue weighted by Gasteiger charge is -2.28. The van der Waals surface area contributed by atoms with E-state index >= 15 is 0 Å². The summed E-state index contributed by atoms with van der Waals surface area (Å²) < 4.78 is 11.0. The molecule has 1 aromatic heterocycles. The van der Waals surface area contributed by atoms with Crippen molar-refractivity contribution in [3.63, 3.8) is 0 Å². The van der Waals surface area contributed by atoms with Crippen LogP contribution in [-0.2, 0) is 4.74 Å². The van der Waals surface area contributed by atoms with Crippen LogP contribution in [0, 0.1) is 5.92 Å². The van der Waals surface area contributed by atoms with Crippen molar-refractivity contribution < 1.29 is 14.3 Å². The number of carbonyl (C=O) groups excluding carboxylic acids is 1. The van der Waals surface area contributed by atoms with Crippen molar-refractivity contribution in [1.82, 2.24) is 10.3 Å². The quantitative estimate of drug-likeness (QED) is 0.818. The summed E-state index contributed by atoms with van der Waals surface area (Å²) in [4.78, 5) is 16.1. The smallest absolute Gasteiger partial charge is 0.256 e. The van der Waals surface area contributed by atoms with Crippen molar-refractivity contribution in [2.24, 2.45) is 5.92 Å². The Labute approximate surface area is 126 Å². The molecule has 0 aromatic carbocycles. The lowest BCUT2D eigenvalue weighted by molar-refractivity contribution is -0.00294. The van der Waals surface area contributed by atoms with E-state index in [0.717, 1.165) is 6.42 Å². The molecular formula is C16H24N2O3. The van der Waals surface area contributed by atoms with Crippen LogP contribution in [0.5, 0.6) is 5.88 Å². The zero-order valence-corrected chi connectivity index (χ0v) is 12.8. The molecular weight excluding hydrogens is 268 g/mol. The Morgan fingerprint density at radius 1 is 1.43 bits per heavy atom. The van der Waals surface area contributed by atoms with E-state index in [1.165, 1.54) is 26.4 Å². The Morgan fingerprint density at radius 2 is 2.24 bits per heavy atom. The van der Waals surface area contributed by atoms with Gasteiger partial charge in [-0.1, -0.05) is 19.8 Å². The number of ether oxygens (including phenoxy) is 2. The molecule has 5 heteroatoms. The first-order valence-corrected chi connectivity index (χ1v) is 7.61. The van der Waals surface area contributed by atoms with Gasteiger partial charge >= 0.3 is 0 Å². The van der Waals surface area contributed by atoms with Crippen LogP contribution in [0.4, 0.5) is 0 Å². The minimum absolute atomic E-state index is 0.180. The number of amides is 1. The molecule has 0 bridgehead atoms. The Balaban J connectivity index is 1.74. The lowest BCUT2D eigenvalue weighted by atomic mass is 9.88. The van der Waals surface area contributed by atoms with Gasteiger partial charge in [0.05, 0.1) is 19.8 Å². The fraction of sp³-hybridized carbons (Fsp3) is 0.625. The monoisotopic (exact) mass is 292 g/mol. The van der Waals surface area contributed by atoms with Crippen LogP contribution in [0.2, 0.25) is 0 Å². The van der Waals surface area contributed by atoms with Crippen molar-refractivity contribution in [2.45, 2.75) is 38.7 Å². The van der Waals surface area contributed by atoms with Crippen LogP contribution in [0.1, 0.15) is 43.0 Å².